The molecule has 0 unspecified atom stereocenters. The van der Waals surface area contributed by atoms with E-state index in [-0.39, 0.29) is 11.4 Å². The monoisotopic (exact) mass is 346 g/mol. The molecule has 0 saturated heterocycles. The van der Waals surface area contributed by atoms with Crippen LogP contribution in [0.3, 0.4) is 0 Å². The van der Waals surface area contributed by atoms with Crippen molar-refractivity contribution < 1.29 is 8.91 Å². The summed E-state index contributed by atoms with van der Waals surface area (Å²) in [4.78, 5) is 23.0. The predicted octanol–water partition coefficient (Wildman–Crippen LogP) is 3.20. The summed E-state index contributed by atoms with van der Waals surface area (Å²) in [6, 6.07) is 7.36. The molecular formula is C16H15FN4O2S. The first-order valence-electron chi connectivity index (χ1n) is 7.45. The zero-order valence-electron chi connectivity index (χ0n) is 13.0. The highest BCUT2D eigenvalue weighted by Gasteiger charge is 2.10. The summed E-state index contributed by atoms with van der Waals surface area (Å²) in [5.74, 6) is 0.863. The van der Waals surface area contributed by atoms with Crippen molar-refractivity contribution >= 4 is 11.8 Å². The molecule has 3 aromatic rings. The fraction of sp³-hybridized carbons (Fsp3) is 0.250. The number of halogens is 1. The Morgan fingerprint density at radius 1 is 1.25 bits per heavy atom. The molecule has 6 nitrogen and oxygen atoms in total. The maximum absolute atomic E-state index is 12.9. The van der Waals surface area contributed by atoms with E-state index in [1.54, 1.807) is 12.1 Å². The Morgan fingerprint density at radius 2 is 2.04 bits per heavy atom. The lowest BCUT2D eigenvalue weighted by atomic mass is 10.2. The van der Waals surface area contributed by atoms with E-state index in [9.17, 15) is 9.18 Å². The van der Waals surface area contributed by atoms with E-state index in [4.69, 9.17) is 4.52 Å². The second-order valence-electron chi connectivity index (χ2n) is 5.10. The van der Waals surface area contributed by atoms with Crippen molar-refractivity contribution in [1.82, 2.24) is 20.1 Å². The van der Waals surface area contributed by atoms with E-state index in [1.807, 2.05) is 6.92 Å². The minimum Gasteiger partial charge on any atom is -0.338 e. The number of nitrogens with zero attached hydrogens (tertiary/aromatic N) is 3. The van der Waals surface area contributed by atoms with Crippen LogP contribution in [0.15, 0.2) is 44.8 Å². The summed E-state index contributed by atoms with van der Waals surface area (Å²) in [5.41, 5.74) is 1.27. The van der Waals surface area contributed by atoms with Crippen molar-refractivity contribution in [3.63, 3.8) is 0 Å². The van der Waals surface area contributed by atoms with Crippen LogP contribution in [-0.2, 0) is 12.2 Å². The highest BCUT2D eigenvalue weighted by atomic mass is 32.2. The van der Waals surface area contributed by atoms with E-state index in [2.05, 4.69) is 20.1 Å². The smallest absolute Gasteiger partial charge is 0.251 e. The fourth-order valence-corrected chi connectivity index (χ4v) is 2.83. The summed E-state index contributed by atoms with van der Waals surface area (Å²) in [7, 11) is 0. The lowest BCUT2D eigenvalue weighted by Crippen LogP contribution is -2.09. The summed E-state index contributed by atoms with van der Waals surface area (Å²) < 4.78 is 18.1. The first kappa shape index (κ1) is 16.4. The number of rotatable bonds is 6. The quantitative estimate of drug-likeness (QED) is 0.545. The molecule has 2 aromatic heterocycles. The standard InChI is InChI=1S/C16H15FN4O2S/c1-2-3-12-8-13(22)19-16(18-12)24-9-14-20-15(21-23-14)10-4-6-11(17)7-5-10/h4-8H,2-3,9H2,1H3,(H,18,19,22). The van der Waals surface area contributed by atoms with Crippen molar-refractivity contribution in [1.29, 1.82) is 0 Å². The summed E-state index contributed by atoms with van der Waals surface area (Å²) in [6.45, 7) is 2.03. The van der Waals surface area contributed by atoms with Gasteiger partial charge in [-0.15, -0.1) is 0 Å². The molecule has 0 amide bonds. The van der Waals surface area contributed by atoms with Crippen LogP contribution < -0.4 is 5.56 Å². The summed E-state index contributed by atoms with van der Waals surface area (Å²) in [6.07, 6.45) is 1.68. The molecule has 0 bridgehead atoms. The van der Waals surface area contributed by atoms with E-state index in [0.29, 0.717) is 28.2 Å². The summed E-state index contributed by atoms with van der Waals surface area (Å²) >= 11 is 1.32. The molecular weight excluding hydrogens is 331 g/mol. The van der Waals surface area contributed by atoms with Crippen LogP contribution in [0.1, 0.15) is 24.9 Å². The fourth-order valence-electron chi connectivity index (χ4n) is 2.10. The number of thioether (sulfide) groups is 1. The topological polar surface area (TPSA) is 84.7 Å². The van der Waals surface area contributed by atoms with Gasteiger partial charge >= 0.3 is 0 Å². The Morgan fingerprint density at radius 3 is 2.79 bits per heavy atom. The molecule has 0 spiro atoms. The largest absolute Gasteiger partial charge is 0.338 e. The average Bonchev–Trinajstić information content (AvgIpc) is 3.02. The number of benzene rings is 1. The molecule has 0 fully saturated rings. The highest BCUT2D eigenvalue weighted by molar-refractivity contribution is 7.98. The number of hydrogen-bond donors (Lipinski definition) is 1. The first-order valence-corrected chi connectivity index (χ1v) is 8.44. The molecule has 0 saturated carbocycles. The van der Waals surface area contributed by atoms with Gasteiger partial charge < -0.3 is 9.51 Å². The molecule has 0 aliphatic carbocycles. The molecule has 24 heavy (non-hydrogen) atoms. The molecule has 1 aromatic carbocycles. The molecule has 0 radical (unpaired) electrons. The van der Waals surface area contributed by atoms with E-state index >= 15 is 0 Å². The number of hydrogen-bond acceptors (Lipinski definition) is 6. The van der Waals surface area contributed by atoms with Gasteiger partial charge in [0, 0.05) is 17.3 Å². The maximum Gasteiger partial charge on any atom is 0.251 e. The average molecular weight is 346 g/mol. The molecule has 0 aliphatic heterocycles. The van der Waals surface area contributed by atoms with E-state index in [1.165, 1.54) is 30.0 Å². The molecule has 8 heteroatoms. The third kappa shape index (κ3) is 4.08. The SMILES string of the molecule is CCCc1cc(=O)[nH]c(SCc2nc(-c3ccc(F)cc3)no2)n1. The van der Waals surface area contributed by atoms with E-state index in [0.717, 1.165) is 18.5 Å². The lowest BCUT2D eigenvalue weighted by molar-refractivity contribution is 0.391. The van der Waals surface area contributed by atoms with Gasteiger partial charge in [0.1, 0.15) is 5.82 Å². The third-order valence-electron chi connectivity index (χ3n) is 3.18. The van der Waals surface area contributed by atoms with Gasteiger partial charge in [0.25, 0.3) is 5.56 Å². The minimum absolute atomic E-state index is 0.173. The van der Waals surface area contributed by atoms with Gasteiger partial charge in [0.15, 0.2) is 5.16 Å². The van der Waals surface area contributed by atoms with Gasteiger partial charge in [0.2, 0.25) is 11.7 Å². The van der Waals surface area contributed by atoms with Crippen molar-refractivity contribution in [3.8, 4) is 11.4 Å². The van der Waals surface area contributed by atoms with Crippen molar-refractivity contribution in [2.24, 2.45) is 0 Å². The van der Waals surface area contributed by atoms with Gasteiger partial charge in [-0.05, 0) is 30.7 Å². The van der Waals surface area contributed by atoms with Crippen molar-refractivity contribution in [3.05, 3.63) is 58.1 Å². The molecule has 1 N–H and O–H groups in total. The summed E-state index contributed by atoms with van der Waals surface area (Å²) in [5, 5.41) is 4.40. The Hall–Kier alpha value is -2.48. The van der Waals surface area contributed by atoms with Crippen LogP contribution in [0.5, 0.6) is 0 Å². The van der Waals surface area contributed by atoms with Crippen LogP contribution in [0.4, 0.5) is 4.39 Å². The maximum atomic E-state index is 12.9. The molecule has 0 aliphatic rings. The van der Waals surface area contributed by atoms with Gasteiger partial charge in [-0.1, -0.05) is 30.3 Å². The zero-order chi connectivity index (χ0) is 16.9. The first-order chi connectivity index (χ1) is 11.6. The number of nitrogens with one attached hydrogen (secondary N) is 1. The van der Waals surface area contributed by atoms with E-state index < -0.39 is 0 Å². The van der Waals surface area contributed by atoms with Crippen LogP contribution in [0.25, 0.3) is 11.4 Å². The Labute approximate surface area is 141 Å². The van der Waals surface area contributed by atoms with Crippen LogP contribution in [0, 0.1) is 5.82 Å². The van der Waals surface area contributed by atoms with Crippen molar-refractivity contribution in [2.75, 3.05) is 0 Å². The second kappa shape index (κ2) is 7.39. The van der Waals surface area contributed by atoms with Crippen LogP contribution >= 0.6 is 11.8 Å². The van der Waals surface area contributed by atoms with Gasteiger partial charge in [-0.3, -0.25) is 4.79 Å². The molecule has 124 valence electrons. The highest BCUT2D eigenvalue weighted by Crippen LogP contribution is 2.21. The molecule has 3 rings (SSSR count). The number of aromatic amines is 1. The van der Waals surface area contributed by atoms with Crippen LogP contribution in [-0.4, -0.2) is 20.1 Å². The Balaban J connectivity index is 1.69. The lowest BCUT2D eigenvalue weighted by Gasteiger charge is -2.01. The number of aryl methyl sites for hydroxylation is 1. The molecule has 0 atom stereocenters. The predicted molar refractivity (Wildman–Crippen MR) is 88.1 cm³/mol. The Kier molecular flexibility index (Phi) is 5.05. The van der Waals surface area contributed by atoms with Crippen molar-refractivity contribution in [2.45, 2.75) is 30.7 Å². The zero-order valence-corrected chi connectivity index (χ0v) is 13.8. The van der Waals surface area contributed by atoms with Gasteiger partial charge in [0.05, 0.1) is 5.75 Å². The molecule has 2 heterocycles. The van der Waals surface area contributed by atoms with Gasteiger partial charge in [-0.25, -0.2) is 9.37 Å². The minimum atomic E-state index is -0.319. The second-order valence-corrected chi connectivity index (χ2v) is 6.06. The van der Waals surface area contributed by atoms with Crippen LogP contribution in [0.2, 0.25) is 0 Å². The Bertz CT molecular complexity index is 876. The third-order valence-corrected chi connectivity index (χ3v) is 4.04. The number of aromatic nitrogens is 4. The normalized spacial score (nSPS) is 10.9. The van der Waals surface area contributed by atoms with Gasteiger partial charge in [-0.2, -0.15) is 4.98 Å². The number of H-pyrrole nitrogens is 1.